The summed E-state index contributed by atoms with van der Waals surface area (Å²) in [5.74, 6) is -0.121. The Bertz CT molecular complexity index is 473. The van der Waals surface area contributed by atoms with Gasteiger partial charge in [0.2, 0.25) is 0 Å². The summed E-state index contributed by atoms with van der Waals surface area (Å²) in [4.78, 5) is 14.4. The number of nitrogens with zero attached hydrogens (tertiary/aromatic N) is 1. The van der Waals surface area contributed by atoms with Crippen LogP contribution in [0.1, 0.15) is 27.9 Å². The van der Waals surface area contributed by atoms with Gasteiger partial charge in [0, 0.05) is 31.7 Å². The molecule has 1 amide bonds. The first-order chi connectivity index (χ1) is 10.2. The minimum absolute atomic E-state index is 0.121. The van der Waals surface area contributed by atoms with Gasteiger partial charge in [-0.25, -0.2) is 0 Å². The molecule has 21 heavy (non-hydrogen) atoms. The molecule has 1 N–H and O–H groups in total. The van der Waals surface area contributed by atoms with Crippen LogP contribution in [0.5, 0.6) is 0 Å². The maximum Gasteiger partial charge on any atom is 0.251 e. The molecule has 0 aromatic heterocycles. The number of hydrogen-bond acceptors (Lipinski definition) is 3. The largest absolute Gasteiger partial charge is 0.379 e. The zero-order valence-corrected chi connectivity index (χ0v) is 12.5. The number of benzene rings is 1. The molecule has 1 aromatic carbocycles. The lowest BCUT2D eigenvalue weighted by Crippen LogP contribution is -2.35. The second-order valence-electron chi connectivity index (χ2n) is 5.34. The van der Waals surface area contributed by atoms with Crippen LogP contribution < -0.4 is 5.32 Å². The molecule has 0 spiro atoms. The van der Waals surface area contributed by atoms with Crippen LogP contribution >= 0.6 is 0 Å². The fourth-order valence-electron chi connectivity index (χ4n) is 2.39. The normalized spacial score (nSPS) is 15.9. The van der Waals surface area contributed by atoms with Crippen molar-refractivity contribution < 1.29 is 13.9 Å². The molecule has 1 aliphatic heterocycles. The summed E-state index contributed by atoms with van der Waals surface area (Å²) >= 11 is 0. The van der Waals surface area contributed by atoms with Gasteiger partial charge in [-0.2, -0.15) is 0 Å². The highest BCUT2D eigenvalue weighted by molar-refractivity contribution is 5.95. The van der Waals surface area contributed by atoms with Crippen LogP contribution in [-0.4, -0.2) is 50.3 Å². The van der Waals surface area contributed by atoms with E-state index in [1.54, 1.807) is 0 Å². The average molecular weight is 294 g/mol. The van der Waals surface area contributed by atoms with Gasteiger partial charge in [0.15, 0.2) is 0 Å². The highest BCUT2D eigenvalue weighted by atomic mass is 19.1. The molecule has 116 valence electrons. The number of alkyl halides is 1. The van der Waals surface area contributed by atoms with Crippen molar-refractivity contribution in [2.75, 3.05) is 39.5 Å². The topological polar surface area (TPSA) is 41.6 Å². The highest BCUT2D eigenvalue weighted by Gasteiger charge is 2.13. The number of rotatable bonds is 6. The Kier molecular flexibility index (Phi) is 6.14. The number of carbonyl (C=O) groups is 1. The molecule has 0 atom stereocenters. The molecule has 1 aromatic rings. The molecular weight excluding hydrogens is 271 g/mol. The van der Waals surface area contributed by atoms with Gasteiger partial charge in [-0.3, -0.25) is 14.1 Å². The Morgan fingerprint density at radius 1 is 1.38 bits per heavy atom. The molecule has 0 bridgehead atoms. The maximum absolute atomic E-state index is 12.1. The van der Waals surface area contributed by atoms with Crippen LogP contribution in [0.25, 0.3) is 0 Å². The fourth-order valence-corrected chi connectivity index (χ4v) is 2.39. The van der Waals surface area contributed by atoms with E-state index < -0.39 is 6.67 Å². The number of morpholine rings is 1. The van der Waals surface area contributed by atoms with Gasteiger partial charge in [0.1, 0.15) is 0 Å². The molecule has 1 saturated heterocycles. The number of ether oxygens (including phenoxy) is 1. The number of aryl methyl sites for hydroxylation is 1. The van der Waals surface area contributed by atoms with E-state index in [1.165, 1.54) is 0 Å². The van der Waals surface area contributed by atoms with Crippen LogP contribution in [0, 0.1) is 6.92 Å². The average Bonchev–Trinajstić information content (AvgIpc) is 2.50. The maximum atomic E-state index is 12.1. The molecule has 0 unspecified atom stereocenters. The number of hydrogen-bond donors (Lipinski definition) is 1. The fraction of sp³-hybridized carbons (Fsp3) is 0.562. The van der Waals surface area contributed by atoms with Crippen LogP contribution in [0.15, 0.2) is 18.2 Å². The number of nitrogens with one attached hydrogen (secondary N) is 1. The number of halogens is 1. The lowest BCUT2D eigenvalue weighted by Gasteiger charge is -2.26. The van der Waals surface area contributed by atoms with Crippen LogP contribution in [0.4, 0.5) is 4.39 Å². The van der Waals surface area contributed by atoms with E-state index >= 15 is 0 Å². The quantitative estimate of drug-likeness (QED) is 0.815. The van der Waals surface area contributed by atoms with E-state index in [1.807, 2.05) is 19.1 Å². The van der Waals surface area contributed by atoms with Crippen molar-refractivity contribution in [1.82, 2.24) is 10.2 Å². The van der Waals surface area contributed by atoms with Crippen molar-refractivity contribution in [2.24, 2.45) is 0 Å². The molecule has 5 heteroatoms. The van der Waals surface area contributed by atoms with Gasteiger partial charge >= 0.3 is 0 Å². The third kappa shape index (κ3) is 4.79. The molecule has 1 fully saturated rings. The zero-order chi connectivity index (χ0) is 15.1. The Balaban J connectivity index is 2.00. The molecule has 0 saturated carbocycles. The summed E-state index contributed by atoms with van der Waals surface area (Å²) in [6.45, 7) is 6.10. The second-order valence-corrected chi connectivity index (χ2v) is 5.34. The van der Waals surface area contributed by atoms with Crippen molar-refractivity contribution in [2.45, 2.75) is 19.9 Å². The molecule has 1 heterocycles. The number of amides is 1. The number of carbonyl (C=O) groups excluding carboxylic acids is 1. The van der Waals surface area contributed by atoms with Crippen LogP contribution in [0.3, 0.4) is 0 Å². The third-order valence-electron chi connectivity index (χ3n) is 3.65. The first-order valence-corrected chi connectivity index (χ1v) is 7.44. The van der Waals surface area contributed by atoms with Crippen molar-refractivity contribution in [3.05, 3.63) is 34.9 Å². The van der Waals surface area contributed by atoms with Crippen molar-refractivity contribution >= 4 is 5.91 Å². The Morgan fingerprint density at radius 3 is 2.86 bits per heavy atom. The predicted molar refractivity (Wildman–Crippen MR) is 80.2 cm³/mol. The molecule has 2 rings (SSSR count). The smallest absolute Gasteiger partial charge is 0.251 e. The van der Waals surface area contributed by atoms with E-state index in [2.05, 4.69) is 16.3 Å². The second kappa shape index (κ2) is 8.10. The van der Waals surface area contributed by atoms with Gasteiger partial charge in [-0.15, -0.1) is 0 Å². The van der Waals surface area contributed by atoms with E-state index in [9.17, 15) is 9.18 Å². The summed E-state index contributed by atoms with van der Waals surface area (Å²) < 4.78 is 17.4. The van der Waals surface area contributed by atoms with Crippen molar-refractivity contribution in [3.63, 3.8) is 0 Å². The first kappa shape index (κ1) is 15.9. The van der Waals surface area contributed by atoms with E-state index in [0.717, 1.165) is 44.0 Å². The minimum atomic E-state index is -0.406. The molecule has 0 aliphatic carbocycles. The van der Waals surface area contributed by atoms with Crippen molar-refractivity contribution in [1.29, 1.82) is 0 Å². The van der Waals surface area contributed by atoms with E-state index in [4.69, 9.17) is 4.74 Å². The molecular formula is C16H23FN2O2. The SMILES string of the molecule is Cc1ccc(CN2CCOCC2)cc1C(=O)NCCCF. The monoisotopic (exact) mass is 294 g/mol. The predicted octanol–water partition coefficient (Wildman–Crippen LogP) is 1.92. The van der Waals surface area contributed by atoms with Gasteiger partial charge in [0.05, 0.1) is 19.9 Å². The Morgan fingerprint density at radius 2 is 2.14 bits per heavy atom. The Labute approximate surface area is 125 Å². The molecule has 4 nitrogen and oxygen atoms in total. The Hall–Kier alpha value is -1.46. The van der Waals surface area contributed by atoms with Crippen molar-refractivity contribution in [3.8, 4) is 0 Å². The first-order valence-electron chi connectivity index (χ1n) is 7.44. The van der Waals surface area contributed by atoms with Gasteiger partial charge < -0.3 is 10.1 Å². The summed E-state index contributed by atoms with van der Waals surface area (Å²) in [7, 11) is 0. The summed E-state index contributed by atoms with van der Waals surface area (Å²) in [6.07, 6.45) is 0.359. The molecule has 1 aliphatic rings. The summed E-state index contributed by atoms with van der Waals surface area (Å²) in [6, 6.07) is 5.97. The van der Waals surface area contributed by atoms with Crippen LogP contribution in [0.2, 0.25) is 0 Å². The van der Waals surface area contributed by atoms with Gasteiger partial charge in [0.25, 0.3) is 5.91 Å². The van der Waals surface area contributed by atoms with E-state index in [0.29, 0.717) is 18.5 Å². The lowest BCUT2D eigenvalue weighted by atomic mass is 10.0. The summed E-state index contributed by atoms with van der Waals surface area (Å²) in [5, 5.41) is 2.76. The van der Waals surface area contributed by atoms with E-state index in [-0.39, 0.29) is 5.91 Å². The highest BCUT2D eigenvalue weighted by Crippen LogP contribution is 2.14. The third-order valence-corrected chi connectivity index (χ3v) is 3.65. The van der Waals surface area contributed by atoms with Gasteiger partial charge in [-0.05, 0) is 30.5 Å². The lowest BCUT2D eigenvalue weighted by molar-refractivity contribution is 0.0342. The van der Waals surface area contributed by atoms with Crippen LogP contribution in [-0.2, 0) is 11.3 Å². The molecule has 0 radical (unpaired) electrons. The van der Waals surface area contributed by atoms with Gasteiger partial charge in [-0.1, -0.05) is 12.1 Å². The summed E-state index contributed by atoms with van der Waals surface area (Å²) in [5.41, 5.74) is 2.75. The zero-order valence-electron chi connectivity index (χ0n) is 12.5. The minimum Gasteiger partial charge on any atom is -0.379 e. The standard InChI is InChI=1S/C16H23FN2O2/c1-13-3-4-14(12-19-7-9-21-10-8-19)11-15(13)16(20)18-6-2-5-17/h3-4,11H,2,5-10,12H2,1H3,(H,18,20).